The van der Waals surface area contributed by atoms with Crippen molar-refractivity contribution in [3.63, 3.8) is 0 Å². The fourth-order valence-electron chi connectivity index (χ4n) is 6.92. The first-order valence-electron chi connectivity index (χ1n) is 25.2. The zero-order valence-corrected chi connectivity index (χ0v) is 40.7. The Morgan fingerprint density at radius 3 is 1.18 bits per heavy atom. The average Bonchev–Trinajstić information content (AvgIpc) is 3.25. The lowest BCUT2D eigenvalue weighted by Crippen LogP contribution is -2.30. The molecule has 3 atom stereocenters. The third kappa shape index (κ3) is 43.2. The van der Waals surface area contributed by atoms with Gasteiger partial charge in [0.1, 0.15) is 12.7 Å². The Balaban J connectivity index is 4.74. The van der Waals surface area contributed by atoms with Crippen LogP contribution >= 0.6 is 7.82 Å². The number of aliphatic hydroxyl groups is 1. The second kappa shape index (κ2) is 45.5. The lowest BCUT2D eigenvalue weighted by molar-refractivity contribution is -0.161. The quantitative estimate of drug-likeness (QED) is 0.0197. The van der Waals surface area contributed by atoms with E-state index in [0.717, 1.165) is 96.3 Å². The largest absolute Gasteiger partial charge is 0.472 e. The predicted molar refractivity (Wildman–Crippen MR) is 252 cm³/mol. The number of phosphoric ester groups is 1. The van der Waals surface area contributed by atoms with Crippen LogP contribution in [0.25, 0.3) is 0 Å². The van der Waals surface area contributed by atoms with Gasteiger partial charge >= 0.3 is 25.7 Å². The van der Waals surface area contributed by atoms with E-state index in [1.54, 1.807) is 0 Å². The zero-order valence-electron chi connectivity index (χ0n) is 39.9. The Labute approximate surface area is 378 Å². The Morgan fingerprint density at radius 2 is 0.758 bits per heavy atom. The van der Waals surface area contributed by atoms with Crippen molar-refractivity contribution >= 4 is 25.7 Å². The molecule has 0 aliphatic heterocycles. The summed E-state index contributed by atoms with van der Waals surface area (Å²) in [5.74, 6) is -1.47. The van der Waals surface area contributed by atoms with Crippen molar-refractivity contribution in [2.45, 2.75) is 251 Å². The number of phosphoric acid groups is 1. The molecule has 11 nitrogen and oxygen atoms in total. The van der Waals surface area contributed by atoms with E-state index in [-0.39, 0.29) is 25.9 Å². The Morgan fingerprint density at radius 1 is 0.435 bits per heavy atom. The van der Waals surface area contributed by atoms with Crippen molar-refractivity contribution < 1.29 is 52.2 Å². The van der Waals surface area contributed by atoms with Crippen molar-refractivity contribution in [3.05, 3.63) is 24.3 Å². The number of rotatable bonds is 47. The number of hydrogen-bond acceptors (Lipinski definition) is 10. The van der Waals surface area contributed by atoms with Gasteiger partial charge in [0.2, 0.25) is 0 Å². The predicted octanol–water partition coefficient (Wildman–Crippen LogP) is 13.9. The van der Waals surface area contributed by atoms with Gasteiger partial charge < -0.3 is 24.2 Å². The fraction of sp³-hybridized carbons (Fsp3) is 0.860. The van der Waals surface area contributed by atoms with Gasteiger partial charge in [-0.1, -0.05) is 180 Å². The van der Waals surface area contributed by atoms with Crippen molar-refractivity contribution in [1.29, 1.82) is 0 Å². The summed E-state index contributed by atoms with van der Waals surface area (Å²) in [6, 6.07) is 0. The zero-order chi connectivity index (χ0) is 45.6. The maximum absolute atomic E-state index is 12.8. The van der Waals surface area contributed by atoms with Gasteiger partial charge in [0.05, 0.1) is 19.8 Å². The van der Waals surface area contributed by atoms with E-state index < -0.39 is 57.8 Å². The summed E-state index contributed by atoms with van der Waals surface area (Å²) in [6.07, 6.45) is 41.5. The molecule has 62 heavy (non-hydrogen) atoms. The van der Waals surface area contributed by atoms with Crippen LogP contribution in [0.3, 0.4) is 0 Å². The molecule has 0 rings (SSSR count). The Hall–Kier alpha value is -2.04. The molecular weight excluding hydrogens is 808 g/mol. The number of unbranched alkanes of at least 4 members (excludes halogenated alkanes) is 26. The maximum atomic E-state index is 12.8. The lowest BCUT2D eigenvalue weighted by atomic mass is 10.1. The monoisotopic (exact) mass is 901 g/mol. The molecule has 12 heteroatoms. The van der Waals surface area contributed by atoms with Gasteiger partial charge in [-0.15, -0.1) is 0 Å². The summed E-state index contributed by atoms with van der Waals surface area (Å²) >= 11 is 0. The van der Waals surface area contributed by atoms with Crippen molar-refractivity contribution in [1.82, 2.24) is 0 Å². The highest BCUT2D eigenvalue weighted by Gasteiger charge is 2.28. The number of allylic oxidation sites excluding steroid dienone is 4. The summed E-state index contributed by atoms with van der Waals surface area (Å²) in [5.41, 5.74) is 0. The lowest BCUT2D eigenvalue weighted by Gasteiger charge is -2.21. The first-order chi connectivity index (χ1) is 30.2. The molecule has 0 aromatic heterocycles. The molecule has 0 saturated carbocycles. The second-order valence-corrected chi connectivity index (χ2v) is 18.4. The normalized spacial score (nSPS) is 13.7. The van der Waals surface area contributed by atoms with Crippen molar-refractivity contribution in [2.75, 3.05) is 26.4 Å². The minimum absolute atomic E-state index is 0.161. The van der Waals surface area contributed by atoms with Crippen LogP contribution in [-0.2, 0) is 42.2 Å². The van der Waals surface area contributed by atoms with Crippen LogP contribution in [0.5, 0.6) is 0 Å². The fourth-order valence-corrected chi connectivity index (χ4v) is 7.70. The molecule has 0 fully saturated rings. The van der Waals surface area contributed by atoms with Crippen LogP contribution in [0.2, 0.25) is 0 Å². The van der Waals surface area contributed by atoms with Gasteiger partial charge in [-0.25, -0.2) is 4.57 Å². The molecule has 0 radical (unpaired) electrons. The molecule has 0 heterocycles. The standard InChI is InChI=1S/C50H93O11P/c1-4-7-10-13-16-19-22-23-26-29-32-35-38-41-50(54)61-47(43-57-48(52)39-36-33-30-27-24-20-17-14-11-8-5-2)45-59-62(55,56)58-44-46(42-51)60-49(53)40-37-34-31-28-25-21-18-15-12-9-6-3/h15,18-19,22,46-47,51H,4-14,16-17,20-21,23-45H2,1-3H3,(H,55,56)/b18-15-,22-19-. The van der Waals surface area contributed by atoms with Gasteiger partial charge in [-0.3, -0.25) is 23.4 Å². The summed E-state index contributed by atoms with van der Waals surface area (Å²) in [5, 5.41) is 9.74. The van der Waals surface area contributed by atoms with Crippen LogP contribution < -0.4 is 0 Å². The molecule has 0 aliphatic carbocycles. The molecule has 0 bridgehead atoms. The molecular formula is C50H93O11P. The molecule has 0 aliphatic rings. The number of ether oxygens (including phenoxy) is 3. The highest BCUT2D eigenvalue weighted by atomic mass is 31.2. The molecule has 364 valence electrons. The number of aliphatic hydroxyl groups excluding tert-OH is 1. The average molecular weight is 901 g/mol. The molecule has 0 saturated heterocycles. The molecule has 2 N–H and O–H groups in total. The summed E-state index contributed by atoms with van der Waals surface area (Å²) in [7, 11) is -4.73. The smallest absolute Gasteiger partial charge is 0.462 e. The SMILES string of the molecule is CCCC/C=C\CCCCCCCC(=O)OC(CO)COP(=O)(O)OCC(COC(=O)CCCCCCCCCCCCC)OC(=O)CCCCCCC/C=C\CCCCCC. The van der Waals surface area contributed by atoms with E-state index in [1.807, 2.05) is 0 Å². The van der Waals surface area contributed by atoms with Gasteiger partial charge in [0, 0.05) is 19.3 Å². The van der Waals surface area contributed by atoms with Gasteiger partial charge in [-0.05, 0) is 64.2 Å². The number of esters is 3. The maximum Gasteiger partial charge on any atom is 0.472 e. The van der Waals surface area contributed by atoms with Crippen LogP contribution in [0, 0.1) is 0 Å². The first-order valence-corrected chi connectivity index (χ1v) is 26.7. The Kier molecular flexibility index (Phi) is 44.0. The van der Waals surface area contributed by atoms with E-state index in [1.165, 1.54) is 83.5 Å². The van der Waals surface area contributed by atoms with E-state index >= 15 is 0 Å². The minimum atomic E-state index is -4.73. The topological polar surface area (TPSA) is 155 Å². The molecule has 0 aromatic rings. The Bertz CT molecular complexity index is 1140. The highest BCUT2D eigenvalue weighted by molar-refractivity contribution is 7.47. The number of hydrogen-bond donors (Lipinski definition) is 2. The highest BCUT2D eigenvalue weighted by Crippen LogP contribution is 2.43. The van der Waals surface area contributed by atoms with Gasteiger partial charge in [-0.2, -0.15) is 0 Å². The van der Waals surface area contributed by atoms with Crippen LogP contribution in [0.1, 0.15) is 239 Å². The third-order valence-electron chi connectivity index (χ3n) is 10.8. The van der Waals surface area contributed by atoms with Gasteiger partial charge in [0.15, 0.2) is 6.10 Å². The van der Waals surface area contributed by atoms with Crippen molar-refractivity contribution in [2.24, 2.45) is 0 Å². The molecule has 0 aromatic carbocycles. The first kappa shape index (κ1) is 60.0. The minimum Gasteiger partial charge on any atom is -0.462 e. The molecule has 0 spiro atoms. The molecule has 0 amide bonds. The number of carbonyl (C=O) groups is 3. The van der Waals surface area contributed by atoms with E-state index in [9.17, 15) is 28.9 Å². The summed E-state index contributed by atoms with van der Waals surface area (Å²) in [6.45, 7) is 4.56. The van der Waals surface area contributed by atoms with Gasteiger partial charge in [0.25, 0.3) is 0 Å². The van der Waals surface area contributed by atoms with E-state index in [2.05, 4.69) is 45.1 Å². The third-order valence-corrected chi connectivity index (χ3v) is 11.8. The summed E-state index contributed by atoms with van der Waals surface area (Å²) < 4.78 is 39.2. The molecule has 3 unspecified atom stereocenters. The van der Waals surface area contributed by atoms with Crippen LogP contribution in [0.4, 0.5) is 0 Å². The number of carbonyl (C=O) groups excluding carboxylic acids is 3. The van der Waals surface area contributed by atoms with E-state index in [0.29, 0.717) is 19.3 Å². The van der Waals surface area contributed by atoms with Crippen LogP contribution in [-0.4, -0.2) is 66.5 Å². The van der Waals surface area contributed by atoms with Crippen molar-refractivity contribution in [3.8, 4) is 0 Å². The second-order valence-electron chi connectivity index (χ2n) is 17.0. The van der Waals surface area contributed by atoms with Crippen LogP contribution in [0.15, 0.2) is 24.3 Å². The summed E-state index contributed by atoms with van der Waals surface area (Å²) in [4.78, 5) is 48.1. The van der Waals surface area contributed by atoms with E-state index in [4.69, 9.17) is 23.3 Å².